The summed E-state index contributed by atoms with van der Waals surface area (Å²) in [6.45, 7) is 1.33. The third kappa shape index (κ3) is 1.60. The molecule has 3 aliphatic heterocycles. The molecule has 22 heavy (non-hydrogen) atoms. The van der Waals surface area contributed by atoms with Crippen LogP contribution in [-0.4, -0.2) is 53.1 Å². The van der Waals surface area contributed by atoms with Gasteiger partial charge in [0.15, 0.2) is 17.4 Å². The molecule has 0 saturated carbocycles. The third-order valence-corrected chi connectivity index (χ3v) is 4.84. The molecular formula is C15H14F2N2O3. The van der Waals surface area contributed by atoms with Crippen LogP contribution in [0.25, 0.3) is 0 Å². The summed E-state index contributed by atoms with van der Waals surface area (Å²) in [4.78, 5) is 27.8. The monoisotopic (exact) mass is 308 g/mol. The van der Waals surface area contributed by atoms with Crippen molar-refractivity contribution in [3.05, 3.63) is 35.4 Å². The number of carbonyl (C=O) groups is 2. The smallest absolute Gasteiger partial charge is 0.257 e. The number of carbonyl (C=O) groups excluding carboxylic acids is 2. The Morgan fingerprint density at radius 2 is 2.14 bits per heavy atom. The number of ether oxygens (including phenoxy) is 1. The van der Waals surface area contributed by atoms with Gasteiger partial charge in [-0.2, -0.15) is 0 Å². The Morgan fingerprint density at radius 1 is 1.32 bits per heavy atom. The van der Waals surface area contributed by atoms with Crippen LogP contribution in [0.2, 0.25) is 0 Å². The topological polar surface area (TPSA) is 49.9 Å². The van der Waals surface area contributed by atoms with Crippen LogP contribution in [0.15, 0.2) is 18.2 Å². The first kappa shape index (κ1) is 13.6. The van der Waals surface area contributed by atoms with Crippen molar-refractivity contribution < 1.29 is 23.1 Å². The van der Waals surface area contributed by atoms with Gasteiger partial charge in [0.25, 0.3) is 5.91 Å². The number of hydrogen-bond donors (Lipinski definition) is 0. The Hall–Kier alpha value is -2.02. The molecule has 2 amide bonds. The second-order valence-corrected chi connectivity index (χ2v) is 5.81. The van der Waals surface area contributed by atoms with E-state index >= 15 is 0 Å². The first-order valence-corrected chi connectivity index (χ1v) is 7.24. The van der Waals surface area contributed by atoms with Crippen molar-refractivity contribution in [2.45, 2.75) is 24.6 Å². The van der Waals surface area contributed by atoms with E-state index in [1.165, 1.54) is 17.0 Å². The second kappa shape index (κ2) is 4.49. The molecule has 4 rings (SSSR count). The first-order chi connectivity index (χ1) is 10.5. The first-order valence-electron chi connectivity index (χ1n) is 7.24. The molecule has 1 spiro atoms. The lowest BCUT2D eigenvalue weighted by Gasteiger charge is -2.31. The third-order valence-electron chi connectivity index (χ3n) is 4.84. The van der Waals surface area contributed by atoms with Gasteiger partial charge < -0.3 is 14.5 Å². The van der Waals surface area contributed by atoms with E-state index in [0.29, 0.717) is 26.1 Å². The molecule has 0 aromatic heterocycles. The van der Waals surface area contributed by atoms with Gasteiger partial charge in [-0.05, 0) is 12.1 Å². The predicted molar refractivity (Wildman–Crippen MR) is 70.8 cm³/mol. The van der Waals surface area contributed by atoms with Gasteiger partial charge >= 0.3 is 0 Å². The Labute approximate surface area is 125 Å². The van der Waals surface area contributed by atoms with Crippen LogP contribution in [0.4, 0.5) is 8.78 Å². The second-order valence-electron chi connectivity index (χ2n) is 5.81. The summed E-state index contributed by atoms with van der Waals surface area (Å²) >= 11 is 0. The van der Waals surface area contributed by atoms with Crippen molar-refractivity contribution in [2.24, 2.45) is 0 Å². The average Bonchev–Trinajstić information content (AvgIpc) is 3.13. The Bertz CT molecular complexity index is 681. The fraction of sp³-hybridized carbons (Fsp3) is 0.467. The summed E-state index contributed by atoms with van der Waals surface area (Å²) in [6.07, 6.45) is 0.675. The zero-order valence-electron chi connectivity index (χ0n) is 11.7. The molecule has 0 bridgehead atoms. The molecule has 3 heterocycles. The van der Waals surface area contributed by atoms with Gasteiger partial charge in [-0.3, -0.25) is 9.59 Å². The zero-order valence-corrected chi connectivity index (χ0v) is 11.7. The SMILES string of the molecule is O=C(c1cccc(F)c1F)N1CC[C@@]23OCCN2C(=O)C[C@@H]13. The van der Waals surface area contributed by atoms with E-state index < -0.39 is 29.3 Å². The number of nitrogens with zero attached hydrogens (tertiary/aromatic N) is 2. The average molecular weight is 308 g/mol. The van der Waals surface area contributed by atoms with Crippen LogP contribution < -0.4 is 0 Å². The summed E-state index contributed by atoms with van der Waals surface area (Å²) in [7, 11) is 0. The number of halogens is 2. The van der Waals surface area contributed by atoms with Crippen LogP contribution in [0, 0.1) is 11.6 Å². The van der Waals surface area contributed by atoms with E-state index in [0.717, 1.165) is 6.07 Å². The Morgan fingerprint density at radius 3 is 2.95 bits per heavy atom. The highest BCUT2D eigenvalue weighted by Crippen LogP contribution is 2.46. The van der Waals surface area contributed by atoms with Gasteiger partial charge in [-0.15, -0.1) is 0 Å². The predicted octanol–water partition coefficient (Wildman–Crippen LogP) is 1.14. The van der Waals surface area contributed by atoms with Crippen LogP contribution in [0.5, 0.6) is 0 Å². The standard InChI is InChI=1S/C15H14F2N2O3/c16-10-3-1-2-9(13(10)17)14(21)18-5-4-15-11(18)8-12(20)19(15)6-7-22-15/h1-3,11H,4-8H2/t11-,15+/m1/s1. The van der Waals surface area contributed by atoms with Crippen molar-refractivity contribution in [2.75, 3.05) is 19.7 Å². The van der Waals surface area contributed by atoms with E-state index in [1.807, 2.05) is 0 Å². The van der Waals surface area contributed by atoms with Crippen LogP contribution >= 0.6 is 0 Å². The minimum Gasteiger partial charge on any atom is -0.351 e. The van der Waals surface area contributed by atoms with Crippen molar-refractivity contribution in [1.82, 2.24) is 9.80 Å². The maximum absolute atomic E-state index is 13.9. The summed E-state index contributed by atoms with van der Waals surface area (Å²) < 4.78 is 33.0. The molecule has 3 aliphatic rings. The number of likely N-dealkylation sites (tertiary alicyclic amines) is 1. The highest BCUT2D eigenvalue weighted by atomic mass is 19.2. The summed E-state index contributed by atoms with van der Waals surface area (Å²) in [5, 5.41) is 0. The van der Waals surface area contributed by atoms with E-state index in [2.05, 4.69) is 0 Å². The van der Waals surface area contributed by atoms with Crippen molar-refractivity contribution in [3.63, 3.8) is 0 Å². The highest BCUT2D eigenvalue weighted by Gasteiger charge is 2.63. The molecule has 0 unspecified atom stereocenters. The van der Waals surface area contributed by atoms with E-state index in [1.54, 1.807) is 4.90 Å². The van der Waals surface area contributed by atoms with Gasteiger partial charge in [0, 0.05) is 19.5 Å². The molecule has 2 atom stereocenters. The summed E-state index contributed by atoms with van der Waals surface area (Å²) in [6, 6.07) is 3.10. The molecule has 1 aromatic rings. The minimum absolute atomic E-state index is 0.0558. The van der Waals surface area contributed by atoms with Crippen LogP contribution in [0.1, 0.15) is 23.2 Å². The molecule has 3 saturated heterocycles. The van der Waals surface area contributed by atoms with Crippen LogP contribution in [0.3, 0.4) is 0 Å². The maximum Gasteiger partial charge on any atom is 0.257 e. The van der Waals surface area contributed by atoms with E-state index in [4.69, 9.17) is 4.74 Å². The normalized spacial score (nSPS) is 29.9. The fourth-order valence-electron chi connectivity index (χ4n) is 3.86. The lowest BCUT2D eigenvalue weighted by atomic mass is 10.1. The minimum atomic E-state index is -1.15. The number of hydrogen-bond acceptors (Lipinski definition) is 3. The van der Waals surface area contributed by atoms with Crippen molar-refractivity contribution in [3.8, 4) is 0 Å². The molecule has 0 aliphatic carbocycles. The van der Waals surface area contributed by atoms with E-state index in [-0.39, 0.29) is 17.9 Å². The van der Waals surface area contributed by atoms with Crippen molar-refractivity contribution in [1.29, 1.82) is 0 Å². The highest BCUT2D eigenvalue weighted by molar-refractivity contribution is 5.96. The van der Waals surface area contributed by atoms with Crippen molar-refractivity contribution >= 4 is 11.8 Å². The lowest BCUT2D eigenvalue weighted by Crippen LogP contribution is -2.48. The molecule has 5 nitrogen and oxygen atoms in total. The summed E-state index contributed by atoms with van der Waals surface area (Å²) in [5.41, 5.74) is -1.07. The molecule has 3 fully saturated rings. The Balaban J connectivity index is 1.68. The van der Waals surface area contributed by atoms with E-state index in [9.17, 15) is 18.4 Å². The molecule has 1 aromatic carbocycles. The van der Waals surface area contributed by atoms with Gasteiger partial charge in [-0.25, -0.2) is 8.78 Å². The zero-order chi connectivity index (χ0) is 15.5. The maximum atomic E-state index is 13.9. The van der Waals surface area contributed by atoms with Gasteiger partial charge in [0.2, 0.25) is 5.91 Å². The molecule has 0 N–H and O–H groups in total. The van der Waals surface area contributed by atoms with Gasteiger partial charge in [-0.1, -0.05) is 6.07 Å². The largest absolute Gasteiger partial charge is 0.351 e. The molecule has 0 radical (unpaired) electrons. The van der Waals surface area contributed by atoms with Crippen LogP contribution in [-0.2, 0) is 9.53 Å². The molecule has 116 valence electrons. The molecular weight excluding hydrogens is 294 g/mol. The lowest BCUT2D eigenvalue weighted by molar-refractivity contribution is -0.136. The Kier molecular flexibility index (Phi) is 2.78. The fourth-order valence-corrected chi connectivity index (χ4v) is 3.86. The quantitative estimate of drug-likeness (QED) is 0.782. The van der Waals surface area contributed by atoms with Gasteiger partial charge in [0.1, 0.15) is 0 Å². The summed E-state index contributed by atoms with van der Waals surface area (Å²) in [5.74, 6) is -2.85. The number of rotatable bonds is 1. The van der Waals surface area contributed by atoms with Gasteiger partial charge in [0.05, 0.1) is 24.6 Å². The molecule has 7 heteroatoms. The number of benzene rings is 1. The number of amides is 2.